The highest BCUT2D eigenvalue weighted by Crippen LogP contribution is 2.32. The van der Waals surface area contributed by atoms with E-state index in [0.29, 0.717) is 10.6 Å². The Balaban J connectivity index is 2.13. The Morgan fingerprint density at radius 1 is 1.21 bits per heavy atom. The molecule has 3 amide bonds. The molecule has 3 rings (SSSR count). The first-order valence-electron chi connectivity index (χ1n) is 9.94. The van der Waals surface area contributed by atoms with Crippen LogP contribution in [0, 0.1) is 0 Å². The molecule has 0 saturated carbocycles. The van der Waals surface area contributed by atoms with Gasteiger partial charge in [0.25, 0.3) is 17.7 Å². The quantitative estimate of drug-likeness (QED) is 0.464. The Labute approximate surface area is 199 Å². The number of primary amides is 1. The van der Waals surface area contributed by atoms with Gasteiger partial charge in [0.2, 0.25) is 0 Å². The molecule has 33 heavy (non-hydrogen) atoms. The van der Waals surface area contributed by atoms with Gasteiger partial charge in [0.15, 0.2) is 11.7 Å². The average Bonchev–Trinajstić information content (AvgIpc) is 3.37. The zero-order valence-electron chi connectivity index (χ0n) is 18.3. The fraction of sp³-hybridized carbons (Fsp3) is 0.273. The fourth-order valence-corrected chi connectivity index (χ4v) is 4.12. The minimum atomic E-state index is -1.15. The van der Waals surface area contributed by atoms with Crippen molar-refractivity contribution in [2.45, 2.75) is 38.9 Å². The van der Waals surface area contributed by atoms with Gasteiger partial charge < -0.3 is 26.1 Å². The van der Waals surface area contributed by atoms with E-state index in [4.69, 9.17) is 27.5 Å². The molecule has 11 heteroatoms. The number of rotatable bonds is 7. The molecular formula is C22H24ClN5O4S. The van der Waals surface area contributed by atoms with Crippen LogP contribution in [-0.2, 0) is 11.3 Å². The highest BCUT2D eigenvalue weighted by molar-refractivity contribution is 7.09. The molecular weight excluding hydrogens is 466 g/mol. The van der Waals surface area contributed by atoms with Gasteiger partial charge in [-0.15, -0.1) is 0 Å². The van der Waals surface area contributed by atoms with Crippen molar-refractivity contribution < 1.29 is 18.8 Å². The van der Waals surface area contributed by atoms with Gasteiger partial charge in [0.05, 0.1) is 12.0 Å². The van der Waals surface area contributed by atoms with E-state index in [1.165, 1.54) is 11.2 Å². The normalized spacial score (nSPS) is 12.2. The van der Waals surface area contributed by atoms with Crippen LogP contribution < -0.4 is 16.8 Å². The van der Waals surface area contributed by atoms with Crippen LogP contribution in [0.3, 0.4) is 0 Å². The number of aromatic nitrogens is 1. The monoisotopic (exact) mass is 489 g/mol. The lowest BCUT2D eigenvalue weighted by Crippen LogP contribution is -2.49. The zero-order chi connectivity index (χ0) is 24.3. The fourth-order valence-electron chi connectivity index (χ4n) is 3.16. The van der Waals surface area contributed by atoms with Gasteiger partial charge in [-0.25, -0.2) is 0 Å². The Morgan fingerprint density at radius 3 is 2.45 bits per heavy atom. The summed E-state index contributed by atoms with van der Waals surface area (Å²) in [6.07, 6.45) is 1.41. The number of halogens is 1. The molecule has 2 heterocycles. The Morgan fingerprint density at radius 2 is 1.91 bits per heavy atom. The van der Waals surface area contributed by atoms with Crippen molar-refractivity contribution in [3.05, 3.63) is 69.6 Å². The zero-order valence-corrected chi connectivity index (χ0v) is 19.9. The predicted molar refractivity (Wildman–Crippen MR) is 126 cm³/mol. The number of nitrogens with two attached hydrogens (primary N) is 2. The topological polar surface area (TPSA) is 145 Å². The number of hydrogen-bond acceptors (Lipinski definition) is 7. The third kappa shape index (κ3) is 5.52. The molecule has 174 valence electrons. The minimum absolute atomic E-state index is 0.0176. The molecule has 9 nitrogen and oxygen atoms in total. The molecule has 0 aliphatic carbocycles. The predicted octanol–water partition coefficient (Wildman–Crippen LogP) is 3.37. The number of nitrogens with one attached hydrogen (secondary N) is 1. The summed E-state index contributed by atoms with van der Waals surface area (Å²) < 4.78 is 9.45. The van der Waals surface area contributed by atoms with Gasteiger partial charge in [0, 0.05) is 17.1 Å². The van der Waals surface area contributed by atoms with Gasteiger partial charge >= 0.3 is 0 Å². The van der Waals surface area contributed by atoms with Crippen LogP contribution in [0.2, 0.25) is 5.02 Å². The van der Waals surface area contributed by atoms with E-state index in [0.717, 1.165) is 11.5 Å². The summed E-state index contributed by atoms with van der Waals surface area (Å²) >= 11 is 7.09. The maximum absolute atomic E-state index is 13.7. The van der Waals surface area contributed by atoms with Crippen molar-refractivity contribution in [3.63, 3.8) is 0 Å². The van der Waals surface area contributed by atoms with E-state index in [1.807, 2.05) is 20.8 Å². The lowest BCUT2D eigenvalue weighted by atomic mass is 10.0. The van der Waals surface area contributed by atoms with Gasteiger partial charge in [-0.2, -0.15) is 4.37 Å². The smallest absolute Gasteiger partial charge is 0.270 e. The number of nitrogen functional groups attached to an aromatic ring is 1. The second-order valence-corrected chi connectivity index (χ2v) is 9.50. The van der Waals surface area contributed by atoms with E-state index < -0.39 is 29.3 Å². The van der Waals surface area contributed by atoms with Crippen molar-refractivity contribution in [2.24, 2.45) is 5.73 Å². The molecule has 0 spiro atoms. The molecule has 1 atom stereocenters. The summed E-state index contributed by atoms with van der Waals surface area (Å²) in [6.45, 7) is 5.44. The molecule has 0 bridgehead atoms. The first-order chi connectivity index (χ1) is 15.5. The lowest BCUT2D eigenvalue weighted by Gasteiger charge is -2.32. The van der Waals surface area contributed by atoms with Crippen LogP contribution in [0.5, 0.6) is 0 Å². The first kappa shape index (κ1) is 24.3. The van der Waals surface area contributed by atoms with Gasteiger partial charge in [-0.3, -0.25) is 14.4 Å². The Kier molecular flexibility index (Phi) is 7.09. The minimum Gasteiger partial charge on any atom is -0.467 e. The largest absolute Gasteiger partial charge is 0.467 e. The number of nitrogens with zero attached hydrogens (tertiary/aromatic N) is 2. The second kappa shape index (κ2) is 9.63. The van der Waals surface area contributed by atoms with Gasteiger partial charge in [-0.05, 0) is 56.1 Å². The number of benzene rings is 1. The summed E-state index contributed by atoms with van der Waals surface area (Å²) in [5.74, 6) is -1.69. The van der Waals surface area contributed by atoms with Crippen molar-refractivity contribution in [1.29, 1.82) is 0 Å². The summed E-state index contributed by atoms with van der Waals surface area (Å²) in [7, 11) is 0. The SMILES string of the molecule is CC(C)(C)NC(=O)[C@@H](c1ccco1)N(Cc1ccccc1Cl)C(=O)c1snc(C(N)=O)c1N. The Hall–Kier alpha value is -3.37. The van der Waals surface area contributed by atoms with E-state index in [-0.39, 0.29) is 28.6 Å². The molecule has 0 fully saturated rings. The second-order valence-electron chi connectivity index (χ2n) is 8.32. The number of furan rings is 1. The molecule has 3 aromatic rings. The highest BCUT2D eigenvalue weighted by atomic mass is 35.5. The van der Waals surface area contributed by atoms with Crippen LogP contribution in [-0.4, -0.2) is 32.5 Å². The number of hydrogen-bond donors (Lipinski definition) is 3. The Bertz CT molecular complexity index is 1170. The molecule has 2 aromatic heterocycles. The third-order valence-electron chi connectivity index (χ3n) is 4.59. The maximum atomic E-state index is 13.7. The third-order valence-corrected chi connectivity index (χ3v) is 5.81. The van der Waals surface area contributed by atoms with Gasteiger partial charge in [0.1, 0.15) is 10.6 Å². The molecule has 0 radical (unpaired) electrons. The van der Waals surface area contributed by atoms with Crippen LogP contribution in [0.15, 0.2) is 47.1 Å². The summed E-state index contributed by atoms with van der Waals surface area (Å²) in [5, 5.41) is 3.31. The average molecular weight is 490 g/mol. The molecule has 0 unspecified atom stereocenters. The van der Waals surface area contributed by atoms with Crippen molar-refractivity contribution in [2.75, 3.05) is 5.73 Å². The van der Waals surface area contributed by atoms with Crippen LogP contribution in [0.4, 0.5) is 5.69 Å². The van der Waals surface area contributed by atoms with Crippen LogP contribution >= 0.6 is 23.1 Å². The van der Waals surface area contributed by atoms with Gasteiger partial charge in [-0.1, -0.05) is 29.8 Å². The van der Waals surface area contributed by atoms with Crippen molar-refractivity contribution in [1.82, 2.24) is 14.6 Å². The van der Waals surface area contributed by atoms with E-state index in [9.17, 15) is 14.4 Å². The molecule has 5 N–H and O–H groups in total. The van der Waals surface area contributed by atoms with Crippen LogP contribution in [0.25, 0.3) is 0 Å². The maximum Gasteiger partial charge on any atom is 0.270 e. The van der Waals surface area contributed by atoms with Crippen molar-refractivity contribution in [3.8, 4) is 0 Å². The van der Waals surface area contributed by atoms with E-state index in [2.05, 4.69) is 9.69 Å². The summed E-state index contributed by atoms with van der Waals surface area (Å²) in [6, 6.07) is 9.03. The lowest BCUT2D eigenvalue weighted by molar-refractivity contribution is -0.128. The van der Waals surface area contributed by atoms with E-state index in [1.54, 1.807) is 36.4 Å². The number of carbonyl (C=O) groups is 3. The summed E-state index contributed by atoms with van der Waals surface area (Å²) in [5.41, 5.74) is 11.0. The molecule has 0 saturated heterocycles. The van der Waals surface area contributed by atoms with E-state index >= 15 is 0 Å². The molecule has 1 aromatic carbocycles. The number of amides is 3. The first-order valence-corrected chi connectivity index (χ1v) is 11.1. The molecule has 0 aliphatic rings. The summed E-state index contributed by atoms with van der Waals surface area (Å²) in [4.78, 5) is 40.0. The number of anilines is 1. The number of carbonyl (C=O) groups excluding carboxylic acids is 3. The van der Waals surface area contributed by atoms with Crippen molar-refractivity contribution >= 4 is 46.5 Å². The van der Waals surface area contributed by atoms with Crippen LogP contribution in [0.1, 0.15) is 58.3 Å². The standard InChI is InChI=1S/C22H24ClN5O4S/c1-22(2,3)26-20(30)17(14-9-6-10-32-14)28(11-12-7-4-5-8-13(12)23)21(31)18-15(24)16(19(25)29)27-33-18/h4-10,17H,11,24H2,1-3H3,(H2,25,29)(H,26,30)/t17-/m1/s1. The molecule has 0 aliphatic heterocycles. The highest BCUT2D eigenvalue weighted by Gasteiger charge is 2.37.